The molecule has 3 aromatic rings. The molecule has 1 aliphatic rings. The second-order valence-corrected chi connectivity index (χ2v) is 9.23. The van der Waals surface area contributed by atoms with E-state index >= 15 is 0 Å². The van der Waals surface area contributed by atoms with Gasteiger partial charge in [0, 0.05) is 23.8 Å². The number of phenols is 1. The third-order valence-electron chi connectivity index (χ3n) is 6.23. The van der Waals surface area contributed by atoms with E-state index in [2.05, 4.69) is 43.2 Å². The van der Waals surface area contributed by atoms with E-state index in [-0.39, 0.29) is 16.9 Å². The zero-order valence-corrected chi connectivity index (χ0v) is 18.9. The Balaban J connectivity index is 1.57. The highest BCUT2D eigenvalue weighted by molar-refractivity contribution is 6.33. The number of phenolic OH excluding ortho intramolecular Hbond substituents is 1. The quantitative estimate of drug-likeness (QED) is 0.410. The fourth-order valence-corrected chi connectivity index (χ4v) is 4.54. The van der Waals surface area contributed by atoms with Crippen LogP contribution >= 0.6 is 11.6 Å². The molecule has 1 aliphatic heterocycles. The van der Waals surface area contributed by atoms with Gasteiger partial charge in [-0.3, -0.25) is 4.79 Å². The standard InChI is InChI=1S/C25H26ClN3O2/c1-15-13-25(2,3)29(4)22-12-21(26)18(10-19(15)22)14-27-28-24(31)20-9-16-7-5-6-8-17(16)11-23(20)30/h5-12,14-15,30H,13H2,1-4H3,(H,28,31)/b27-14-/t15-/m0/s1. The molecule has 160 valence electrons. The Morgan fingerprint density at radius 2 is 1.90 bits per heavy atom. The molecule has 1 heterocycles. The van der Waals surface area contributed by atoms with E-state index in [4.69, 9.17) is 11.6 Å². The minimum absolute atomic E-state index is 0.0567. The Labute approximate surface area is 187 Å². The molecular formula is C25H26ClN3O2. The zero-order chi connectivity index (χ0) is 22.3. The van der Waals surface area contributed by atoms with Crippen molar-refractivity contribution in [2.24, 2.45) is 5.10 Å². The van der Waals surface area contributed by atoms with Gasteiger partial charge in [-0.1, -0.05) is 42.8 Å². The predicted octanol–water partition coefficient (Wildman–Crippen LogP) is 5.68. The molecule has 2 N–H and O–H groups in total. The molecule has 3 aromatic carbocycles. The number of benzene rings is 3. The van der Waals surface area contributed by atoms with Crippen LogP contribution in [-0.2, 0) is 0 Å². The van der Waals surface area contributed by atoms with Crippen molar-refractivity contribution in [2.75, 3.05) is 11.9 Å². The number of carbonyl (C=O) groups is 1. The van der Waals surface area contributed by atoms with E-state index in [1.54, 1.807) is 18.3 Å². The van der Waals surface area contributed by atoms with Crippen molar-refractivity contribution < 1.29 is 9.90 Å². The number of nitrogens with zero attached hydrogens (tertiary/aromatic N) is 2. The maximum atomic E-state index is 12.6. The second kappa shape index (κ2) is 7.89. The molecule has 0 saturated heterocycles. The molecule has 0 saturated carbocycles. The second-order valence-electron chi connectivity index (χ2n) is 8.82. The molecule has 0 fully saturated rings. The Morgan fingerprint density at radius 1 is 1.23 bits per heavy atom. The number of aromatic hydroxyl groups is 1. The number of rotatable bonds is 3. The normalized spacial score (nSPS) is 17.7. The number of anilines is 1. The van der Waals surface area contributed by atoms with Crippen molar-refractivity contribution in [1.29, 1.82) is 0 Å². The summed E-state index contributed by atoms with van der Waals surface area (Å²) in [7, 11) is 2.09. The van der Waals surface area contributed by atoms with Gasteiger partial charge >= 0.3 is 0 Å². The average Bonchev–Trinajstić information content (AvgIpc) is 2.72. The number of hydrogen-bond donors (Lipinski definition) is 2. The number of carbonyl (C=O) groups excluding carboxylic acids is 1. The third kappa shape index (κ3) is 3.98. The van der Waals surface area contributed by atoms with Crippen LogP contribution in [-0.4, -0.2) is 29.8 Å². The van der Waals surface area contributed by atoms with Gasteiger partial charge in [-0.2, -0.15) is 5.10 Å². The van der Waals surface area contributed by atoms with E-state index < -0.39 is 5.91 Å². The summed E-state index contributed by atoms with van der Waals surface area (Å²) >= 11 is 6.52. The van der Waals surface area contributed by atoms with Gasteiger partial charge in [0.05, 0.1) is 16.8 Å². The highest BCUT2D eigenvalue weighted by Gasteiger charge is 2.34. The summed E-state index contributed by atoms with van der Waals surface area (Å²) in [5, 5.41) is 16.6. The van der Waals surface area contributed by atoms with Gasteiger partial charge in [0.2, 0.25) is 0 Å². The van der Waals surface area contributed by atoms with Gasteiger partial charge in [-0.05, 0) is 66.8 Å². The summed E-state index contributed by atoms with van der Waals surface area (Å²) < 4.78 is 0. The molecule has 0 radical (unpaired) electrons. The van der Waals surface area contributed by atoms with Crippen molar-refractivity contribution in [1.82, 2.24) is 5.43 Å². The van der Waals surface area contributed by atoms with Gasteiger partial charge in [-0.15, -0.1) is 0 Å². The van der Waals surface area contributed by atoms with Crippen molar-refractivity contribution in [2.45, 2.75) is 38.6 Å². The Hall–Kier alpha value is -3.05. The van der Waals surface area contributed by atoms with Crippen LogP contribution in [0.25, 0.3) is 10.8 Å². The first-order chi connectivity index (χ1) is 14.7. The third-order valence-corrected chi connectivity index (χ3v) is 6.56. The maximum Gasteiger partial charge on any atom is 0.275 e. The Morgan fingerprint density at radius 3 is 2.61 bits per heavy atom. The molecule has 0 aliphatic carbocycles. The smallest absolute Gasteiger partial charge is 0.275 e. The fraction of sp³-hybridized carbons (Fsp3) is 0.280. The number of hydrogen-bond acceptors (Lipinski definition) is 4. The number of fused-ring (bicyclic) bond motifs is 2. The summed E-state index contributed by atoms with van der Waals surface area (Å²) in [5.74, 6) is -0.184. The van der Waals surface area contributed by atoms with E-state index in [9.17, 15) is 9.90 Å². The molecule has 0 aromatic heterocycles. The average molecular weight is 436 g/mol. The molecule has 0 bridgehead atoms. The monoisotopic (exact) mass is 435 g/mol. The highest BCUT2D eigenvalue weighted by atomic mass is 35.5. The lowest BCUT2D eigenvalue weighted by Crippen LogP contribution is -2.45. The highest BCUT2D eigenvalue weighted by Crippen LogP contribution is 2.44. The molecule has 0 spiro atoms. The van der Waals surface area contributed by atoms with Gasteiger partial charge in [-0.25, -0.2) is 5.43 Å². The van der Waals surface area contributed by atoms with Crippen LogP contribution < -0.4 is 10.3 Å². The molecule has 1 amide bonds. The van der Waals surface area contributed by atoms with E-state index in [1.807, 2.05) is 36.4 Å². The topological polar surface area (TPSA) is 64.9 Å². The van der Waals surface area contributed by atoms with E-state index in [1.165, 1.54) is 5.56 Å². The Bertz CT molecular complexity index is 1200. The van der Waals surface area contributed by atoms with Crippen LogP contribution in [0, 0.1) is 0 Å². The fourth-order valence-electron chi connectivity index (χ4n) is 4.33. The lowest BCUT2D eigenvalue weighted by molar-refractivity contribution is 0.0952. The number of hydrazone groups is 1. The molecule has 31 heavy (non-hydrogen) atoms. The lowest BCUT2D eigenvalue weighted by atomic mass is 9.80. The zero-order valence-electron chi connectivity index (χ0n) is 18.1. The summed E-state index contributed by atoms with van der Waals surface area (Å²) in [6.07, 6.45) is 2.58. The van der Waals surface area contributed by atoms with Crippen LogP contribution in [0.3, 0.4) is 0 Å². The minimum Gasteiger partial charge on any atom is -0.507 e. The summed E-state index contributed by atoms with van der Waals surface area (Å²) in [4.78, 5) is 14.8. The summed E-state index contributed by atoms with van der Waals surface area (Å²) in [6, 6.07) is 14.8. The van der Waals surface area contributed by atoms with Crippen LogP contribution in [0.15, 0.2) is 53.6 Å². The van der Waals surface area contributed by atoms with Crippen LogP contribution in [0.2, 0.25) is 5.02 Å². The maximum absolute atomic E-state index is 12.6. The molecule has 1 atom stereocenters. The van der Waals surface area contributed by atoms with Crippen molar-refractivity contribution >= 4 is 40.2 Å². The first-order valence-corrected chi connectivity index (χ1v) is 10.7. The minimum atomic E-state index is -0.483. The van der Waals surface area contributed by atoms with Crippen LogP contribution in [0.1, 0.15) is 54.6 Å². The first kappa shape index (κ1) is 21.2. The number of amides is 1. The predicted molar refractivity (Wildman–Crippen MR) is 128 cm³/mol. The molecular weight excluding hydrogens is 410 g/mol. The van der Waals surface area contributed by atoms with Crippen molar-refractivity contribution in [3.63, 3.8) is 0 Å². The molecule has 6 heteroatoms. The molecule has 5 nitrogen and oxygen atoms in total. The molecule has 4 rings (SSSR count). The largest absolute Gasteiger partial charge is 0.507 e. The van der Waals surface area contributed by atoms with Crippen molar-refractivity contribution in [3.05, 3.63) is 70.2 Å². The van der Waals surface area contributed by atoms with Crippen LogP contribution in [0.4, 0.5) is 5.69 Å². The van der Waals surface area contributed by atoms with Gasteiger partial charge in [0.15, 0.2) is 0 Å². The number of nitrogens with one attached hydrogen (secondary N) is 1. The van der Waals surface area contributed by atoms with E-state index in [0.717, 1.165) is 28.4 Å². The summed E-state index contributed by atoms with van der Waals surface area (Å²) in [5.41, 5.74) is 5.80. The lowest BCUT2D eigenvalue weighted by Gasteiger charge is -2.45. The van der Waals surface area contributed by atoms with Crippen molar-refractivity contribution in [3.8, 4) is 5.75 Å². The van der Waals surface area contributed by atoms with Crippen LogP contribution in [0.5, 0.6) is 5.75 Å². The van der Waals surface area contributed by atoms with Gasteiger partial charge < -0.3 is 10.0 Å². The van der Waals surface area contributed by atoms with Gasteiger partial charge in [0.25, 0.3) is 5.91 Å². The summed E-state index contributed by atoms with van der Waals surface area (Å²) in [6.45, 7) is 6.67. The number of halogens is 1. The molecule has 0 unspecified atom stereocenters. The van der Waals surface area contributed by atoms with Gasteiger partial charge in [0.1, 0.15) is 5.75 Å². The SMILES string of the molecule is C[C@H]1CC(C)(C)N(C)c2cc(Cl)c(/C=N\NC(=O)c3cc4ccccc4cc3O)cc21. The Kier molecular flexibility index (Phi) is 5.40. The van der Waals surface area contributed by atoms with E-state index in [0.29, 0.717) is 10.9 Å². The first-order valence-electron chi connectivity index (χ1n) is 10.3.